The molecule has 0 amide bonds. The molecule has 3 aromatic heterocycles. The zero-order valence-electron chi connectivity index (χ0n) is 16.8. The first-order valence-electron chi connectivity index (χ1n) is 10.3. The van der Waals surface area contributed by atoms with Crippen molar-refractivity contribution in [1.29, 1.82) is 0 Å². The lowest BCUT2D eigenvalue weighted by molar-refractivity contribution is 0.0543. The van der Waals surface area contributed by atoms with E-state index in [2.05, 4.69) is 33.0 Å². The summed E-state index contributed by atoms with van der Waals surface area (Å²) in [6, 6.07) is 12.2. The van der Waals surface area contributed by atoms with Crippen molar-refractivity contribution >= 4 is 22.8 Å². The summed E-state index contributed by atoms with van der Waals surface area (Å²) in [5.41, 5.74) is 2.91. The fourth-order valence-corrected chi connectivity index (χ4v) is 4.91. The van der Waals surface area contributed by atoms with E-state index in [0.29, 0.717) is 0 Å². The third-order valence-corrected chi connectivity index (χ3v) is 6.77. The molecular weight excluding hydrogens is 414 g/mol. The zero-order chi connectivity index (χ0) is 20.7. The summed E-state index contributed by atoms with van der Waals surface area (Å²) in [6.07, 6.45) is 1.85. The van der Waals surface area contributed by atoms with Gasteiger partial charge in [0.15, 0.2) is 23.0 Å². The maximum Gasteiger partial charge on any atom is 0.231 e. The van der Waals surface area contributed by atoms with E-state index in [1.807, 2.05) is 29.6 Å². The summed E-state index contributed by atoms with van der Waals surface area (Å²) >= 11 is 1.63. The number of fused-ring (bicyclic) bond motifs is 2. The van der Waals surface area contributed by atoms with Crippen molar-refractivity contribution in [2.24, 2.45) is 0 Å². The highest BCUT2D eigenvalue weighted by molar-refractivity contribution is 7.08. The van der Waals surface area contributed by atoms with Gasteiger partial charge in [-0.15, -0.1) is 15.3 Å². The largest absolute Gasteiger partial charge is 0.454 e. The lowest BCUT2D eigenvalue weighted by atomic mass is 9.74. The monoisotopic (exact) mass is 435 g/mol. The van der Waals surface area contributed by atoms with Crippen LogP contribution in [0.5, 0.6) is 11.5 Å². The van der Waals surface area contributed by atoms with Crippen LogP contribution in [0.3, 0.4) is 0 Å². The molecule has 0 atom stereocenters. The van der Waals surface area contributed by atoms with Crippen LogP contribution >= 0.6 is 11.3 Å². The molecule has 1 aromatic carbocycles. The molecule has 9 heteroatoms. The molecule has 31 heavy (non-hydrogen) atoms. The molecule has 0 aliphatic carbocycles. The number of benzene rings is 1. The Bertz CT molecular complexity index is 1220. The van der Waals surface area contributed by atoms with Crippen LogP contribution in [-0.2, 0) is 10.2 Å². The summed E-state index contributed by atoms with van der Waals surface area (Å²) in [6.45, 7) is 2.49. The number of anilines is 1. The summed E-state index contributed by atoms with van der Waals surface area (Å²) in [5, 5.41) is 21.0. The Morgan fingerprint density at radius 3 is 2.81 bits per heavy atom. The fraction of sp³-hybridized carbons (Fsp3) is 0.318. The van der Waals surface area contributed by atoms with Crippen LogP contribution in [0.25, 0.3) is 17.0 Å². The predicted octanol–water partition coefficient (Wildman–Crippen LogP) is 3.74. The minimum atomic E-state index is -0.0702. The molecule has 2 aliphatic rings. The average Bonchev–Trinajstić information content (AvgIpc) is 3.58. The standard InChI is InChI=1S/C22H21N5O3S/c1-2-17-18(30-14-29-17)11-16(1)22(6-8-28-9-7-22)13-23-19-3-4-20-24-25-21(27(20)26-19)15-5-10-31-12-15/h1-5,10-12H,6-9,13-14H2,(H,23,26). The molecule has 1 saturated heterocycles. The SMILES string of the molecule is c1cc(-c2nnc3ccc(NCC4(c5ccc6c(c5)OCO6)CCOCC4)nn23)cs1. The van der Waals surface area contributed by atoms with Gasteiger partial charge in [-0.25, -0.2) is 0 Å². The molecule has 158 valence electrons. The first kappa shape index (κ1) is 18.6. The van der Waals surface area contributed by atoms with E-state index in [1.165, 1.54) is 5.56 Å². The smallest absolute Gasteiger partial charge is 0.231 e. The van der Waals surface area contributed by atoms with E-state index in [9.17, 15) is 0 Å². The topological polar surface area (TPSA) is 82.8 Å². The Morgan fingerprint density at radius 1 is 1.03 bits per heavy atom. The van der Waals surface area contributed by atoms with Crippen molar-refractivity contribution in [3.05, 3.63) is 52.7 Å². The molecule has 2 aliphatic heterocycles. The Morgan fingerprint density at radius 2 is 1.94 bits per heavy atom. The predicted molar refractivity (Wildman–Crippen MR) is 117 cm³/mol. The average molecular weight is 436 g/mol. The van der Waals surface area contributed by atoms with Gasteiger partial charge in [0.1, 0.15) is 5.82 Å². The van der Waals surface area contributed by atoms with E-state index in [1.54, 1.807) is 15.9 Å². The molecule has 0 radical (unpaired) electrons. The van der Waals surface area contributed by atoms with Crippen molar-refractivity contribution in [3.63, 3.8) is 0 Å². The molecule has 8 nitrogen and oxygen atoms in total. The molecule has 0 spiro atoms. The number of aromatic nitrogens is 4. The summed E-state index contributed by atoms with van der Waals surface area (Å²) in [7, 11) is 0. The number of thiophene rings is 1. The number of rotatable bonds is 5. The normalized spacial score (nSPS) is 17.2. The molecular formula is C22H21N5O3S. The van der Waals surface area contributed by atoms with Crippen LogP contribution < -0.4 is 14.8 Å². The number of nitrogens with one attached hydrogen (secondary N) is 1. The minimum absolute atomic E-state index is 0.0702. The van der Waals surface area contributed by atoms with Gasteiger partial charge < -0.3 is 19.5 Å². The lowest BCUT2D eigenvalue weighted by Gasteiger charge is -2.38. The Kier molecular flexibility index (Phi) is 4.50. The maximum absolute atomic E-state index is 5.68. The van der Waals surface area contributed by atoms with Crippen molar-refractivity contribution < 1.29 is 14.2 Å². The van der Waals surface area contributed by atoms with Gasteiger partial charge in [0, 0.05) is 36.1 Å². The molecule has 0 bridgehead atoms. The summed E-state index contributed by atoms with van der Waals surface area (Å²) < 4.78 is 18.6. The zero-order valence-corrected chi connectivity index (χ0v) is 17.6. The second-order valence-corrected chi connectivity index (χ2v) is 8.62. The van der Waals surface area contributed by atoms with Crippen molar-refractivity contribution in [2.45, 2.75) is 18.3 Å². The first-order chi connectivity index (χ1) is 15.3. The molecule has 0 saturated carbocycles. The van der Waals surface area contributed by atoms with Crippen LogP contribution in [0.4, 0.5) is 5.82 Å². The Balaban J connectivity index is 1.30. The molecule has 5 heterocycles. The number of hydrogen-bond acceptors (Lipinski definition) is 8. The van der Waals surface area contributed by atoms with E-state index >= 15 is 0 Å². The summed E-state index contributed by atoms with van der Waals surface area (Å²) in [5.74, 6) is 3.15. The van der Waals surface area contributed by atoms with Crippen LogP contribution in [0.15, 0.2) is 47.2 Å². The van der Waals surface area contributed by atoms with E-state index in [4.69, 9.17) is 19.3 Å². The minimum Gasteiger partial charge on any atom is -0.454 e. The fourth-order valence-electron chi connectivity index (χ4n) is 4.27. The Labute approximate surface area is 182 Å². The number of nitrogens with zero attached hydrogens (tertiary/aromatic N) is 4. The highest BCUT2D eigenvalue weighted by Gasteiger charge is 2.35. The van der Waals surface area contributed by atoms with Gasteiger partial charge in [-0.05, 0) is 54.1 Å². The number of hydrogen-bond donors (Lipinski definition) is 1. The van der Waals surface area contributed by atoms with Crippen molar-refractivity contribution in [3.8, 4) is 22.9 Å². The van der Waals surface area contributed by atoms with Gasteiger partial charge in [0.05, 0.1) is 0 Å². The van der Waals surface area contributed by atoms with E-state index < -0.39 is 0 Å². The molecule has 1 fully saturated rings. The number of ether oxygens (including phenoxy) is 3. The molecule has 6 rings (SSSR count). The highest BCUT2D eigenvalue weighted by atomic mass is 32.1. The second kappa shape index (κ2) is 7.51. The van der Waals surface area contributed by atoms with Crippen LogP contribution in [-0.4, -0.2) is 46.4 Å². The van der Waals surface area contributed by atoms with Crippen LogP contribution in [0, 0.1) is 0 Å². The molecule has 1 N–H and O–H groups in total. The van der Waals surface area contributed by atoms with Crippen LogP contribution in [0.1, 0.15) is 18.4 Å². The van der Waals surface area contributed by atoms with Gasteiger partial charge in [0.2, 0.25) is 6.79 Å². The third-order valence-electron chi connectivity index (χ3n) is 6.08. The van der Waals surface area contributed by atoms with Gasteiger partial charge in [-0.2, -0.15) is 15.9 Å². The van der Waals surface area contributed by atoms with Gasteiger partial charge >= 0.3 is 0 Å². The van der Waals surface area contributed by atoms with E-state index in [0.717, 1.165) is 67.0 Å². The molecule has 0 unspecified atom stereocenters. The maximum atomic E-state index is 5.68. The third kappa shape index (κ3) is 3.30. The van der Waals surface area contributed by atoms with Gasteiger partial charge in [0.25, 0.3) is 0 Å². The second-order valence-electron chi connectivity index (χ2n) is 7.84. The highest BCUT2D eigenvalue weighted by Crippen LogP contribution is 2.41. The Hall–Kier alpha value is -3.17. The van der Waals surface area contributed by atoms with Crippen molar-refractivity contribution in [1.82, 2.24) is 19.8 Å². The van der Waals surface area contributed by atoms with Crippen molar-refractivity contribution in [2.75, 3.05) is 31.9 Å². The van der Waals surface area contributed by atoms with Crippen LogP contribution in [0.2, 0.25) is 0 Å². The van der Waals surface area contributed by atoms with E-state index in [-0.39, 0.29) is 12.2 Å². The van der Waals surface area contributed by atoms with Gasteiger partial charge in [-0.3, -0.25) is 0 Å². The summed E-state index contributed by atoms with van der Waals surface area (Å²) in [4.78, 5) is 0. The quantitative estimate of drug-likeness (QED) is 0.511. The first-order valence-corrected chi connectivity index (χ1v) is 11.2. The molecule has 4 aromatic rings. The van der Waals surface area contributed by atoms with Gasteiger partial charge in [-0.1, -0.05) is 6.07 Å². The lowest BCUT2D eigenvalue weighted by Crippen LogP contribution is -2.40.